The Morgan fingerprint density at radius 2 is 1.90 bits per heavy atom. The summed E-state index contributed by atoms with van der Waals surface area (Å²) in [7, 11) is 0. The number of amides is 2. The summed E-state index contributed by atoms with van der Waals surface area (Å²) in [6, 6.07) is 5.66. The zero-order valence-electron chi connectivity index (χ0n) is 11.8. The summed E-state index contributed by atoms with van der Waals surface area (Å²) in [6.07, 6.45) is 3.16. The van der Waals surface area contributed by atoms with Crippen molar-refractivity contribution in [3.8, 4) is 0 Å². The van der Waals surface area contributed by atoms with Gasteiger partial charge in [0.15, 0.2) is 0 Å². The molecule has 5 nitrogen and oxygen atoms in total. The van der Waals surface area contributed by atoms with Gasteiger partial charge in [-0.05, 0) is 44.2 Å². The maximum atomic E-state index is 12.3. The van der Waals surface area contributed by atoms with Gasteiger partial charge in [-0.1, -0.05) is 18.2 Å². The number of urea groups is 1. The van der Waals surface area contributed by atoms with Crippen LogP contribution < -0.4 is 16.0 Å². The van der Waals surface area contributed by atoms with Crippen molar-refractivity contribution in [3.05, 3.63) is 29.3 Å². The zero-order chi connectivity index (χ0) is 14.0. The van der Waals surface area contributed by atoms with Gasteiger partial charge in [0.1, 0.15) is 0 Å². The van der Waals surface area contributed by atoms with Gasteiger partial charge in [-0.3, -0.25) is 5.41 Å². The number of nitrogens with two attached hydrogens (primary N) is 1. The van der Waals surface area contributed by atoms with Crippen molar-refractivity contribution in [3.63, 3.8) is 0 Å². The Kier molecular flexibility index (Phi) is 5.39. The molecule has 0 aromatic heterocycles. The molecule has 20 heavy (non-hydrogen) atoms. The SMILES string of the molecule is Cc1cccc(C)c1N(C(=N)N)C(=O)NC1CCC1.Cl. The Morgan fingerprint density at radius 1 is 1.35 bits per heavy atom. The number of anilines is 1. The van der Waals surface area contributed by atoms with Crippen molar-refractivity contribution in [1.82, 2.24) is 5.32 Å². The number of benzene rings is 1. The Labute approximate surface area is 125 Å². The lowest BCUT2D eigenvalue weighted by molar-refractivity contribution is 0.236. The van der Waals surface area contributed by atoms with E-state index in [1.807, 2.05) is 32.0 Å². The van der Waals surface area contributed by atoms with Gasteiger partial charge in [-0.15, -0.1) is 12.4 Å². The number of nitrogens with zero attached hydrogens (tertiary/aromatic N) is 1. The van der Waals surface area contributed by atoms with E-state index in [-0.39, 0.29) is 30.4 Å². The van der Waals surface area contributed by atoms with Crippen LogP contribution in [-0.2, 0) is 0 Å². The van der Waals surface area contributed by atoms with Crippen LogP contribution >= 0.6 is 12.4 Å². The minimum atomic E-state index is -0.311. The van der Waals surface area contributed by atoms with Crippen LogP contribution in [0, 0.1) is 19.3 Å². The number of carbonyl (C=O) groups excluding carboxylic acids is 1. The van der Waals surface area contributed by atoms with E-state index in [1.165, 1.54) is 4.90 Å². The van der Waals surface area contributed by atoms with Crippen molar-refractivity contribution < 1.29 is 4.79 Å². The third-order valence-corrected chi connectivity index (χ3v) is 3.54. The minimum Gasteiger partial charge on any atom is -0.369 e. The summed E-state index contributed by atoms with van der Waals surface area (Å²) in [4.78, 5) is 13.5. The molecule has 0 saturated heterocycles. The van der Waals surface area contributed by atoms with E-state index >= 15 is 0 Å². The van der Waals surface area contributed by atoms with Crippen molar-refractivity contribution in [1.29, 1.82) is 5.41 Å². The molecule has 0 radical (unpaired) electrons. The molecule has 0 aliphatic heterocycles. The fourth-order valence-corrected chi connectivity index (χ4v) is 2.28. The van der Waals surface area contributed by atoms with E-state index in [2.05, 4.69) is 5.32 Å². The van der Waals surface area contributed by atoms with Crippen LogP contribution in [0.5, 0.6) is 0 Å². The summed E-state index contributed by atoms with van der Waals surface area (Å²) in [5.74, 6) is -0.255. The molecule has 1 aromatic rings. The predicted molar refractivity (Wildman–Crippen MR) is 83.7 cm³/mol. The molecule has 2 rings (SSSR count). The molecule has 0 bridgehead atoms. The summed E-state index contributed by atoms with van der Waals surface area (Å²) in [6.45, 7) is 3.82. The molecule has 1 aliphatic carbocycles. The molecule has 0 atom stereocenters. The Bertz CT molecular complexity index is 494. The molecule has 1 saturated carbocycles. The lowest BCUT2D eigenvalue weighted by Gasteiger charge is -2.31. The Morgan fingerprint density at radius 3 is 2.30 bits per heavy atom. The van der Waals surface area contributed by atoms with Crippen LogP contribution in [0.3, 0.4) is 0 Å². The van der Waals surface area contributed by atoms with E-state index in [0.717, 1.165) is 30.4 Å². The highest BCUT2D eigenvalue weighted by Gasteiger charge is 2.26. The highest BCUT2D eigenvalue weighted by Crippen LogP contribution is 2.25. The van der Waals surface area contributed by atoms with E-state index in [9.17, 15) is 4.79 Å². The average Bonchev–Trinajstić information content (AvgIpc) is 2.28. The predicted octanol–water partition coefficient (Wildman–Crippen LogP) is 2.69. The van der Waals surface area contributed by atoms with Gasteiger partial charge in [-0.25, -0.2) is 9.69 Å². The quantitative estimate of drug-likeness (QED) is 0.579. The molecule has 0 heterocycles. The lowest BCUT2D eigenvalue weighted by atomic mass is 9.93. The van der Waals surface area contributed by atoms with E-state index < -0.39 is 0 Å². The summed E-state index contributed by atoms with van der Waals surface area (Å²) >= 11 is 0. The smallest absolute Gasteiger partial charge is 0.329 e. The Hall–Kier alpha value is -1.75. The van der Waals surface area contributed by atoms with Gasteiger partial charge in [0, 0.05) is 6.04 Å². The van der Waals surface area contributed by atoms with Crippen molar-refractivity contribution in [2.75, 3.05) is 4.90 Å². The van der Waals surface area contributed by atoms with Crippen LogP contribution in [0.1, 0.15) is 30.4 Å². The summed E-state index contributed by atoms with van der Waals surface area (Å²) < 4.78 is 0. The fourth-order valence-electron chi connectivity index (χ4n) is 2.28. The zero-order valence-corrected chi connectivity index (χ0v) is 12.6. The molecule has 110 valence electrons. The number of para-hydroxylation sites is 1. The van der Waals surface area contributed by atoms with Gasteiger partial charge in [0.2, 0.25) is 5.96 Å². The third-order valence-electron chi connectivity index (χ3n) is 3.54. The average molecular weight is 297 g/mol. The van der Waals surface area contributed by atoms with Crippen molar-refractivity contribution in [2.24, 2.45) is 5.73 Å². The summed E-state index contributed by atoms with van der Waals surface area (Å²) in [5, 5.41) is 10.6. The summed E-state index contributed by atoms with van der Waals surface area (Å²) in [5.41, 5.74) is 8.15. The highest BCUT2D eigenvalue weighted by atomic mass is 35.5. The molecular weight excluding hydrogens is 276 g/mol. The van der Waals surface area contributed by atoms with Crippen molar-refractivity contribution in [2.45, 2.75) is 39.2 Å². The largest absolute Gasteiger partial charge is 0.369 e. The molecule has 6 heteroatoms. The molecule has 1 aliphatic rings. The van der Waals surface area contributed by atoms with Crippen LogP contribution in [0.2, 0.25) is 0 Å². The fraction of sp³-hybridized carbons (Fsp3) is 0.429. The molecule has 1 fully saturated rings. The number of hydrogen-bond acceptors (Lipinski definition) is 2. The van der Waals surface area contributed by atoms with Gasteiger partial charge in [0.05, 0.1) is 5.69 Å². The second-order valence-corrected chi connectivity index (χ2v) is 5.04. The van der Waals surface area contributed by atoms with Crippen LogP contribution in [0.15, 0.2) is 18.2 Å². The normalized spacial score (nSPS) is 13.9. The first-order valence-electron chi connectivity index (χ1n) is 6.51. The van der Waals surface area contributed by atoms with Gasteiger partial charge >= 0.3 is 6.03 Å². The van der Waals surface area contributed by atoms with E-state index in [1.54, 1.807) is 0 Å². The number of aryl methyl sites for hydroxylation is 2. The molecule has 0 spiro atoms. The molecule has 0 unspecified atom stereocenters. The Balaban J connectivity index is 0.00000200. The maximum absolute atomic E-state index is 12.3. The number of rotatable bonds is 2. The first-order valence-corrected chi connectivity index (χ1v) is 6.51. The van der Waals surface area contributed by atoms with E-state index in [4.69, 9.17) is 11.1 Å². The van der Waals surface area contributed by atoms with E-state index in [0.29, 0.717) is 5.69 Å². The molecule has 4 N–H and O–H groups in total. The molecule has 2 amide bonds. The number of guanidine groups is 1. The lowest BCUT2D eigenvalue weighted by Crippen LogP contribution is -2.52. The van der Waals surface area contributed by atoms with Gasteiger partial charge in [0.25, 0.3) is 0 Å². The number of carbonyl (C=O) groups is 1. The third kappa shape index (κ3) is 3.22. The van der Waals surface area contributed by atoms with Crippen molar-refractivity contribution >= 4 is 30.1 Å². The first-order chi connectivity index (χ1) is 9.00. The van der Waals surface area contributed by atoms with Crippen LogP contribution in [-0.4, -0.2) is 18.0 Å². The first kappa shape index (κ1) is 16.3. The second-order valence-electron chi connectivity index (χ2n) is 5.04. The standard InChI is InChI=1S/C14H20N4O.ClH/c1-9-5-3-6-10(2)12(9)18(13(15)16)14(19)17-11-7-4-8-11;/h3,5-6,11H,4,7-8H2,1-2H3,(H3,15,16)(H,17,19);1H. The minimum absolute atomic E-state index is 0. The highest BCUT2D eigenvalue weighted by molar-refractivity contribution is 6.14. The monoisotopic (exact) mass is 296 g/mol. The second kappa shape index (κ2) is 6.61. The maximum Gasteiger partial charge on any atom is 0.329 e. The number of halogens is 1. The van der Waals surface area contributed by atoms with Crippen LogP contribution in [0.4, 0.5) is 10.5 Å². The number of nitrogens with one attached hydrogen (secondary N) is 2. The molecule has 1 aromatic carbocycles. The topological polar surface area (TPSA) is 82.2 Å². The van der Waals surface area contributed by atoms with Gasteiger partial charge < -0.3 is 11.1 Å². The molecular formula is C14H21ClN4O. The number of hydrogen-bond donors (Lipinski definition) is 3. The van der Waals surface area contributed by atoms with Crippen LogP contribution in [0.25, 0.3) is 0 Å². The van der Waals surface area contributed by atoms with Gasteiger partial charge in [-0.2, -0.15) is 0 Å².